The second-order valence-electron chi connectivity index (χ2n) is 9.24. The molecule has 11 nitrogen and oxygen atoms in total. The number of nitrogens with one attached hydrogen (secondary N) is 1. The molecule has 3 aromatic heterocycles. The Labute approximate surface area is 236 Å². The van der Waals surface area contributed by atoms with Crippen molar-refractivity contribution in [1.82, 2.24) is 24.6 Å². The lowest BCUT2D eigenvalue weighted by atomic mass is 9.98. The number of anilines is 2. The molecule has 41 heavy (non-hydrogen) atoms. The molecule has 5 rings (SSSR count). The SMILES string of the molecule is COc1cc(-c2cccc3cc(C(C)Nc4nc(N)ncc4C(=O)N(C)OC)n(-c4ccccc4)c(=O)c23)ccn1. The van der Waals surface area contributed by atoms with Crippen LogP contribution in [0.5, 0.6) is 5.88 Å². The van der Waals surface area contributed by atoms with Gasteiger partial charge >= 0.3 is 0 Å². The Morgan fingerprint density at radius 1 is 1.05 bits per heavy atom. The Hall–Kier alpha value is -5.29. The number of para-hydroxylation sites is 1. The van der Waals surface area contributed by atoms with E-state index in [0.717, 1.165) is 21.6 Å². The van der Waals surface area contributed by atoms with Gasteiger partial charge in [0.15, 0.2) is 0 Å². The van der Waals surface area contributed by atoms with E-state index in [2.05, 4.69) is 20.3 Å². The van der Waals surface area contributed by atoms with Crippen LogP contribution in [0.1, 0.15) is 29.0 Å². The number of hydrogen-bond donors (Lipinski definition) is 2. The van der Waals surface area contributed by atoms with Crippen LogP contribution in [-0.2, 0) is 4.84 Å². The Morgan fingerprint density at radius 2 is 1.83 bits per heavy atom. The van der Waals surface area contributed by atoms with Crippen molar-refractivity contribution in [1.29, 1.82) is 0 Å². The molecular formula is C30H29N7O4. The number of hydroxylamine groups is 2. The number of pyridine rings is 2. The van der Waals surface area contributed by atoms with Crippen LogP contribution in [0.2, 0.25) is 0 Å². The van der Waals surface area contributed by atoms with Crippen LogP contribution >= 0.6 is 0 Å². The second-order valence-corrected chi connectivity index (χ2v) is 9.24. The molecule has 1 atom stereocenters. The number of carbonyl (C=O) groups is 1. The molecule has 0 fully saturated rings. The Balaban J connectivity index is 1.70. The number of nitrogens with two attached hydrogens (primary N) is 1. The highest BCUT2D eigenvalue weighted by molar-refractivity contribution is 5.98. The minimum Gasteiger partial charge on any atom is -0.481 e. The zero-order valence-corrected chi connectivity index (χ0v) is 23.0. The molecular weight excluding hydrogens is 522 g/mol. The summed E-state index contributed by atoms with van der Waals surface area (Å²) < 4.78 is 6.98. The van der Waals surface area contributed by atoms with Gasteiger partial charge in [0.2, 0.25) is 11.8 Å². The van der Waals surface area contributed by atoms with Crippen molar-refractivity contribution in [3.05, 3.63) is 101 Å². The molecule has 5 aromatic rings. The van der Waals surface area contributed by atoms with Gasteiger partial charge in [-0.25, -0.2) is 15.0 Å². The van der Waals surface area contributed by atoms with Crippen LogP contribution in [-0.4, -0.2) is 51.8 Å². The summed E-state index contributed by atoms with van der Waals surface area (Å²) in [4.78, 5) is 44.8. The fourth-order valence-corrected chi connectivity index (χ4v) is 4.67. The van der Waals surface area contributed by atoms with Gasteiger partial charge in [0.05, 0.1) is 25.6 Å². The molecule has 0 saturated carbocycles. The van der Waals surface area contributed by atoms with Crippen molar-refractivity contribution in [2.24, 2.45) is 0 Å². The fraction of sp³-hybridized carbons (Fsp3) is 0.167. The van der Waals surface area contributed by atoms with Crippen molar-refractivity contribution >= 4 is 28.4 Å². The Kier molecular flexibility index (Phi) is 7.61. The lowest BCUT2D eigenvalue weighted by Crippen LogP contribution is -2.29. The summed E-state index contributed by atoms with van der Waals surface area (Å²) in [5.74, 6) is 0.195. The smallest absolute Gasteiger partial charge is 0.282 e. The first-order valence-corrected chi connectivity index (χ1v) is 12.8. The third-order valence-corrected chi connectivity index (χ3v) is 6.74. The molecule has 3 N–H and O–H groups in total. The predicted molar refractivity (Wildman–Crippen MR) is 157 cm³/mol. The van der Waals surface area contributed by atoms with E-state index in [9.17, 15) is 9.59 Å². The van der Waals surface area contributed by atoms with E-state index >= 15 is 0 Å². The van der Waals surface area contributed by atoms with Gasteiger partial charge in [0, 0.05) is 36.9 Å². The molecule has 0 bridgehead atoms. The third-order valence-electron chi connectivity index (χ3n) is 6.74. The molecule has 3 heterocycles. The number of hydrogen-bond acceptors (Lipinski definition) is 9. The highest BCUT2D eigenvalue weighted by Gasteiger charge is 2.23. The van der Waals surface area contributed by atoms with Crippen LogP contribution in [0.4, 0.5) is 11.8 Å². The summed E-state index contributed by atoms with van der Waals surface area (Å²) in [5, 5.41) is 5.63. The van der Waals surface area contributed by atoms with Crippen LogP contribution in [0.25, 0.3) is 27.6 Å². The molecule has 0 aliphatic carbocycles. The predicted octanol–water partition coefficient (Wildman–Crippen LogP) is 4.24. The van der Waals surface area contributed by atoms with Gasteiger partial charge < -0.3 is 15.8 Å². The van der Waals surface area contributed by atoms with Gasteiger partial charge in [0.25, 0.3) is 11.5 Å². The highest BCUT2D eigenvalue weighted by Crippen LogP contribution is 2.31. The number of nitrogen functional groups attached to an aromatic ring is 1. The minimum atomic E-state index is -0.495. The summed E-state index contributed by atoms with van der Waals surface area (Å²) in [6.07, 6.45) is 2.99. The van der Waals surface area contributed by atoms with Crippen molar-refractivity contribution in [3.8, 4) is 22.7 Å². The number of amides is 1. The van der Waals surface area contributed by atoms with E-state index in [4.69, 9.17) is 15.3 Å². The molecule has 208 valence electrons. The van der Waals surface area contributed by atoms with Gasteiger partial charge in [0.1, 0.15) is 11.4 Å². The minimum absolute atomic E-state index is 0.00676. The zero-order chi connectivity index (χ0) is 29.1. The molecule has 1 unspecified atom stereocenters. The van der Waals surface area contributed by atoms with E-state index in [1.807, 2.05) is 67.6 Å². The quantitative estimate of drug-likeness (QED) is 0.271. The van der Waals surface area contributed by atoms with E-state index in [-0.39, 0.29) is 22.9 Å². The molecule has 1 amide bonds. The summed E-state index contributed by atoms with van der Waals surface area (Å²) in [6.45, 7) is 1.88. The molecule has 0 spiro atoms. The maximum absolute atomic E-state index is 14.4. The van der Waals surface area contributed by atoms with Gasteiger partial charge in [-0.05, 0) is 47.7 Å². The molecule has 0 aliphatic heterocycles. The van der Waals surface area contributed by atoms with Crippen molar-refractivity contribution in [2.75, 3.05) is 32.3 Å². The highest BCUT2D eigenvalue weighted by atomic mass is 16.7. The number of aromatic nitrogens is 4. The van der Waals surface area contributed by atoms with Crippen LogP contribution < -0.4 is 21.3 Å². The molecule has 0 saturated heterocycles. The van der Waals surface area contributed by atoms with Crippen LogP contribution in [0.15, 0.2) is 83.9 Å². The van der Waals surface area contributed by atoms with E-state index in [1.54, 1.807) is 23.9 Å². The van der Waals surface area contributed by atoms with Gasteiger partial charge in [-0.2, -0.15) is 4.98 Å². The van der Waals surface area contributed by atoms with Crippen molar-refractivity contribution < 1.29 is 14.4 Å². The van der Waals surface area contributed by atoms with E-state index in [0.29, 0.717) is 22.6 Å². The largest absolute Gasteiger partial charge is 0.481 e. The lowest BCUT2D eigenvalue weighted by Gasteiger charge is -2.23. The van der Waals surface area contributed by atoms with Gasteiger partial charge in [-0.1, -0.05) is 36.4 Å². The average molecular weight is 552 g/mol. The first-order chi connectivity index (χ1) is 19.8. The fourth-order valence-electron chi connectivity index (χ4n) is 4.67. The van der Waals surface area contributed by atoms with Gasteiger partial charge in [-0.15, -0.1) is 0 Å². The monoisotopic (exact) mass is 551 g/mol. The second kappa shape index (κ2) is 11.4. The summed E-state index contributed by atoms with van der Waals surface area (Å²) >= 11 is 0. The number of fused-ring (bicyclic) bond motifs is 1. The normalized spacial score (nSPS) is 11.7. The van der Waals surface area contributed by atoms with Crippen molar-refractivity contribution in [3.63, 3.8) is 0 Å². The molecule has 11 heteroatoms. The number of rotatable bonds is 8. The number of benzene rings is 2. The standard InChI is InChI=1S/C30H29N7O4/c1-18(34-27-23(17-33-30(31)35-27)28(38)36(2)41-4)24-15-20-9-8-12-22(19-13-14-32-25(16-19)40-3)26(20)29(39)37(24)21-10-6-5-7-11-21/h5-18H,1-4H3,(H3,31,33,34,35). The molecule has 0 aliphatic rings. The zero-order valence-electron chi connectivity index (χ0n) is 23.0. The Morgan fingerprint density at radius 3 is 2.56 bits per heavy atom. The first kappa shape index (κ1) is 27.3. The summed E-state index contributed by atoms with van der Waals surface area (Å²) in [6, 6.07) is 20.2. The topological polar surface area (TPSA) is 137 Å². The average Bonchev–Trinajstić information content (AvgIpc) is 3.00. The van der Waals surface area contributed by atoms with E-state index < -0.39 is 11.9 Å². The summed E-state index contributed by atoms with van der Waals surface area (Å²) in [7, 11) is 4.42. The van der Waals surface area contributed by atoms with Crippen LogP contribution in [0, 0.1) is 0 Å². The van der Waals surface area contributed by atoms with Crippen LogP contribution in [0.3, 0.4) is 0 Å². The maximum Gasteiger partial charge on any atom is 0.282 e. The first-order valence-electron chi connectivity index (χ1n) is 12.8. The van der Waals surface area contributed by atoms with E-state index in [1.165, 1.54) is 20.4 Å². The molecule has 2 aromatic carbocycles. The lowest BCUT2D eigenvalue weighted by molar-refractivity contribution is -0.0756. The maximum atomic E-state index is 14.4. The Bertz CT molecular complexity index is 1790. The van der Waals surface area contributed by atoms with Gasteiger partial charge in [-0.3, -0.25) is 19.0 Å². The number of ether oxygens (including phenoxy) is 1. The number of methoxy groups -OCH3 is 1. The number of nitrogens with zero attached hydrogens (tertiary/aromatic N) is 5. The van der Waals surface area contributed by atoms with Crippen molar-refractivity contribution in [2.45, 2.75) is 13.0 Å². The third kappa shape index (κ3) is 5.30. The number of carbonyl (C=O) groups excluding carboxylic acids is 1. The molecule has 0 radical (unpaired) electrons. The summed E-state index contributed by atoms with van der Waals surface area (Å²) in [5.41, 5.74) is 8.72.